The second-order valence-electron chi connectivity index (χ2n) is 12.8. The molecule has 5 aromatic rings. The normalized spacial score (nSPS) is 11.9. The maximum Gasteiger partial charge on any atom is 0.155 e. The van der Waals surface area contributed by atoms with Gasteiger partial charge >= 0.3 is 0 Å². The van der Waals surface area contributed by atoms with E-state index in [9.17, 15) is 4.79 Å². The Hall–Kier alpha value is -3.79. The number of carbonyl (C=O) groups is 1. The predicted octanol–water partition coefficient (Wildman–Crippen LogP) is 10.3. The van der Waals surface area contributed by atoms with Gasteiger partial charge in [0.05, 0.1) is 12.0 Å². The summed E-state index contributed by atoms with van der Waals surface area (Å²) in [5.41, 5.74) is 8.83. The fourth-order valence-electron chi connectivity index (χ4n) is 4.59. The quantitative estimate of drug-likeness (QED) is 0.113. The number of ketones is 1. The molecular formula is C38H40IrNO3-. The first-order chi connectivity index (χ1) is 19.7. The van der Waals surface area contributed by atoms with E-state index in [0.717, 1.165) is 39.1 Å². The van der Waals surface area contributed by atoms with E-state index in [1.54, 1.807) is 0 Å². The van der Waals surface area contributed by atoms with E-state index >= 15 is 0 Å². The topological polar surface area (TPSA) is 63.3 Å². The number of rotatable bonds is 4. The van der Waals surface area contributed by atoms with Gasteiger partial charge in [0.15, 0.2) is 11.4 Å². The van der Waals surface area contributed by atoms with Crippen molar-refractivity contribution in [1.29, 1.82) is 0 Å². The molecule has 0 bridgehead atoms. The van der Waals surface area contributed by atoms with Gasteiger partial charge in [-0.05, 0) is 65.3 Å². The number of furan rings is 1. The number of pyridine rings is 1. The molecule has 0 aliphatic heterocycles. The minimum atomic E-state index is -0.125. The van der Waals surface area contributed by atoms with Gasteiger partial charge in [-0.1, -0.05) is 84.0 Å². The predicted molar refractivity (Wildman–Crippen MR) is 174 cm³/mol. The van der Waals surface area contributed by atoms with Crippen molar-refractivity contribution in [3.63, 3.8) is 0 Å². The van der Waals surface area contributed by atoms with Crippen LogP contribution in [0.15, 0.2) is 101 Å². The Morgan fingerprint density at radius 1 is 0.814 bits per heavy atom. The first kappa shape index (κ1) is 33.7. The van der Waals surface area contributed by atoms with E-state index in [4.69, 9.17) is 14.5 Å². The summed E-state index contributed by atoms with van der Waals surface area (Å²) >= 11 is 0. The van der Waals surface area contributed by atoms with Gasteiger partial charge in [-0.25, -0.2) is 0 Å². The maximum absolute atomic E-state index is 10.0. The van der Waals surface area contributed by atoms with Crippen LogP contribution in [-0.2, 0) is 35.7 Å². The summed E-state index contributed by atoms with van der Waals surface area (Å²) in [4.78, 5) is 14.7. The van der Waals surface area contributed by atoms with Crippen molar-refractivity contribution in [3.05, 3.63) is 114 Å². The van der Waals surface area contributed by atoms with Gasteiger partial charge in [0.2, 0.25) is 0 Å². The Bertz CT molecular complexity index is 1700. The molecule has 4 nitrogen and oxygen atoms in total. The summed E-state index contributed by atoms with van der Waals surface area (Å²) in [7, 11) is 0. The molecule has 0 saturated carbocycles. The third-order valence-corrected chi connectivity index (χ3v) is 6.95. The molecule has 0 saturated heterocycles. The molecule has 0 unspecified atom stereocenters. The molecule has 0 atom stereocenters. The zero-order valence-electron chi connectivity index (χ0n) is 26.2. The summed E-state index contributed by atoms with van der Waals surface area (Å²) < 4.78 is 6.30. The van der Waals surface area contributed by atoms with Gasteiger partial charge in [0.1, 0.15) is 5.76 Å². The van der Waals surface area contributed by atoms with Gasteiger partial charge < -0.3 is 14.5 Å². The van der Waals surface area contributed by atoms with Crippen LogP contribution in [0.1, 0.15) is 66.5 Å². The molecule has 5 heteroatoms. The summed E-state index contributed by atoms with van der Waals surface area (Å²) in [6.45, 7) is 16.4. The summed E-state index contributed by atoms with van der Waals surface area (Å²) in [5, 5.41) is 9.41. The number of aliphatic hydroxyl groups excluding tert-OH is 1. The Balaban J connectivity index is 0.000000567. The Morgan fingerprint density at radius 2 is 1.44 bits per heavy atom. The van der Waals surface area contributed by atoms with Crippen molar-refractivity contribution in [2.75, 3.05) is 0 Å². The molecule has 1 N–H and O–H groups in total. The van der Waals surface area contributed by atoms with Crippen LogP contribution in [-0.4, -0.2) is 15.9 Å². The summed E-state index contributed by atoms with van der Waals surface area (Å²) in [6.07, 6.45) is 3.00. The van der Waals surface area contributed by atoms with Crippen molar-refractivity contribution in [1.82, 2.24) is 4.98 Å². The number of carbonyl (C=O) groups excluding carboxylic acids is 1. The Kier molecular flexibility index (Phi) is 10.7. The molecule has 0 amide bonds. The third kappa shape index (κ3) is 8.86. The number of allylic oxidation sites excluding steroid dienone is 2. The molecular weight excluding hydrogens is 711 g/mol. The molecule has 43 heavy (non-hydrogen) atoms. The molecule has 0 aliphatic carbocycles. The summed E-state index contributed by atoms with van der Waals surface area (Å²) in [5.74, 6) is 0.810. The SMILES string of the molecule is CC(=O)/C=C(/C)O.CC(C)(C)c1cc(-c2cc3cc(-c4[c-]ccc(-c5ccccc5)c4)ncc3o2)cc(C(C)(C)C)c1.[Ir]. The van der Waals surface area contributed by atoms with Crippen molar-refractivity contribution in [2.45, 2.75) is 66.2 Å². The van der Waals surface area contributed by atoms with Gasteiger partial charge in [-0.15, -0.1) is 35.4 Å². The van der Waals surface area contributed by atoms with E-state index in [2.05, 4.69) is 114 Å². The van der Waals surface area contributed by atoms with Crippen molar-refractivity contribution in [2.24, 2.45) is 0 Å². The Morgan fingerprint density at radius 3 is 1.98 bits per heavy atom. The molecule has 0 fully saturated rings. The van der Waals surface area contributed by atoms with E-state index < -0.39 is 0 Å². The zero-order valence-corrected chi connectivity index (χ0v) is 28.6. The van der Waals surface area contributed by atoms with Crippen LogP contribution in [0.25, 0.3) is 44.7 Å². The molecule has 2 aromatic heterocycles. The van der Waals surface area contributed by atoms with E-state index in [-0.39, 0.29) is 42.5 Å². The van der Waals surface area contributed by atoms with Crippen LogP contribution in [0.5, 0.6) is 0 Å². The third-order valence-electron chi connectivity index (χ3n) is 6.95. The van der Waals surface area contributed by atoms with Gasteiger partial charge in [0, 0.05) is 37.1 Å². The van der Waals surface area contributed by atoms with Crippen molar-refractivity contribution in [3.8, 4) is 33.7 Å². The molecule has 2 heterocycles. The van der Waals surface area contributed by atoms with Crippen LogP contribution in [0, 0.1) is 6.07 Å². The number of aliphatic hydroxyl groups is 1. The number of hydrogen-bond acceptors (Lipinski definition) is 4. The monoisotopic (exact) mass is 751 g/mol. The molecule has 1 radical (unpaired) electrons. The fraction of sp³-hybridized carbons (Fsp3) is 0.263. The van der Waals surface area contributed by atoms with E-state index in [1.165, 1.54) is 36.6 Å². The zero-order chi connectivity index (χ0) is 30.7. The van der Waals surface area contributed by atoms with Gasteiger partial charge in [0.25, 0.3) is 0 Å². The van der Waals surface area contributed by atoms with Crippen LogP contribution >= 0.6 is 0 Å². The average Bonchev–Trinajstić information content (AvgIpc) is 3.36. The molecule has 0 spiro atoms. The van der Waals surface area contributed by atoms with Crippen molar-refractivity contribution < 1.29 is 34.4 Å². The van der Waals surface area contributed by atoms with E-state index in [1.807, 2.05) is 18.3 Å². The minimum absolute atomic E-state index is 0. The first-order valence-electron chi connectivity index (χ1n) is 14.2. The molecule has 225 valence electrons. The van der Waals surface area contributed by atoms with Crippen LogP contribution < -0.4 is 0 Å². The van der Waals surface area contributed by atoms with Crippen LogP contribution in [0.3, 0.4) is 0 Å². The molecule has 5 rings (SSSR count). The fourth-order valence-corrected chi connectivity index (χ4v) is 4.59. The molecule has 0 aliphatic rings. The number of nitrogens with zero attached hydrogens (tertiary/aromatic N) is 1. The smallest absolute Gasteiger partial charge is 0.155 e. The van der Waals surface area contributed by atoms with Gasteiger partial charge in [-0.3, -0.25) is 4.79 Å². The average molecular weight is 751 g/mol. The molecule has 3 aromatic carbocycles. The number of fused-ring (bicyclic) bond motifs is 1. The summed E-state index contributed by atoms with van der Waals surface area (Å²) in [6, 6.07) is 31.0. The minimum Gasteiger partial charge on any atom is -0.512 e. The first-order valence-corrected chi connectivity index (χ1v) is 14.2. The second-order valence-corrected chi connectivity index (χ2v) is 12.8. The number of aromatic nitrogens is 1. The van der Waals surface area contributed by atoms with E-state index in [0.29, 0.717) is 0 Å². The van der Waals surface area contributed by atoms with Crippen molar-refractivity contribution >= 4 is 16.8 Å². The van der Waals surface area contributed by atoms with Crippen LogP contribution in [0.2, 0.25) is 0 Å². The number of hydrogen-bond donors (Lipinski definition) is 1. The standard InChI is InChI=1S/C33H32NO.C5H8O2.Ir/c1-32(2,3)27-16-25(17-28(20-27)33(4,5)6)30-19-26-18-29(34-21-31(26)35-30)24-14-10-13-23(15-24)22-11-8-7-9-12-22;1-4(6)3-5(2)7;/h7-13,15-21H,1-6H3;3,6H,1-2H3;/q-1;;/b;4-3-;. The maximum atomic E-state index is 10.0. The van der Waals surface area contributed by atoms with Crippen LogP contribution in [0.4, 0.5) is 0 Å². The number of benzene rings is 3. The largest absolute Gasteiger partial charge is 0.512 e. The second kappa shape index (κ2) is 13.7. The van der Waals surface area contributed by atoms with Gasteiger partial charge in [-0.2, -0.15) is 0 Å². The Labute approximate surface area is 269 Å².